The van der Waals surface area contributed by atoms with E-state index in [4.69, 9.17) is 11.6 Å². The van der Waals surface area contributed by atoms with Crippen molar-refractivity contribution >= 4 is 17.5 Å². The van der Waals surface area contributed by atoms with Gasteiger partial charge in [-0.15, -0.1) is 11.6 Å². The van der Waals surface area contributed by atoms with Crippen LogP contribution in [0.2, 0.25) is 0 Å². The second-order valence-corrected chi connectivity index (χ2v) is 5.21. The second-order valence-electron chi connectivity index (χ2n) is 4.60. The van der Waals surface area contributed by atoms with Crippen molar-refractivity contribution in [1.82, 2.24) is 5.32 Å². The number of hydrogen-bond acceptors (Lipinski definition) is 3. The lowest BCUT2D eigenvalue weighted by Crippen LogP contribution is -2.37. The molecule has 98 valence electrons. The van der Waals surface area contributed by atoms with Crippen molar-refractivity contribution in [3.8, 4) is 11.5 Å². The summed E-state index contributed by atoms with van der Waals surface area (Å²) in [7, 11) is 0. The number of amides is 1. The van der Waals surface area contributed by atoms with Crippen LogP contribution in [0.5, 0.6) is 11.5 Å². The van der Waals surface area contributed by atoms with Crippen molar-refractivity contribution in [3.63, 3.8) is 0 Å². The molecule has 0 atom stereocenters. The molecule has 1 aromatic rings. The number of carbonyl (C=O) groups excluding carboxylic acids is 1. The highest BCUT2D eigenvalue weighted by Crippen LogP contribution is 2.29. The highest BCUT2D eigenvalue weighted by atomic mass is 35.5. The van der Waals surface area contributed by atoms with E-state index in [9.17, 15) is 15.0 Å². The maximum Gasteiger partial charge on any atom is 0.255 e. The fourth-order valence-electron chi connectivity index (χ4n) is 2.17. The van der Waals surface area contributed by atoms with E-state index in [0.717, 1.165) is 25.7 Å². The highest BCUT2D eigenvalue weighted by Gasteiger charge is 2.22. The van der Waals surface area contributed by atoms with Crippen molar-refractivity contribution in [2.45, 2.75) is 37.1 Å². The van der Waals surface area contributed by atoms with Crippen LogP contribution in [-0.4, -0.2) is 27.5 Å². The van der Waals surface area contributed by atoms with Crippen LogP contribution >= 0.6 is 11.6 Å². The van der Waals surface area contributed by atoms with Crippen LogP contribution < -0.4 is 5.32 Å². The lowest BCUT2D eigenvalue weighted by atomic mass is 9.95. The van der Waals surface area contributed by atoms with Gasteiger partial charge in [0.05, 0.1) is 5.56 Å². The van der Waals surface area contributed by atoms with Crippen LogP contribution in [0.25, 0.3) is 0 Å². The molecular formula is C13H16ClNO3. The summed E-state index contributed by atoms with van der Waals surface area (Å²) in [5.74, 6) is -1.02. The molecule has 4 nitrogen and oxygen atoms in total. The van der Waals surface area contributed by atoms with Crippen molar-refractivity contribution in [1.29, 1.82) is 0 Å². The van der Waals surface area contributed by atoms with Gasteiger partial charge in [-0.1, -0.05) is 6.07 Å². The number of aromatic hydroxyl groups is 2. The van der Waals surface area contributed by atoms with Crippen molar-refractivity contribution in [3.05, 3.63) is 23.8 Å². The quantitative estimate of drug-likeness (QED) is 0.570. The Kier molecular flexibility index (Phi) is 3.97. The van der Waals surface area contributed by atoms with Gasteiger partial charge in [-0.05, 0) is 37.8 Å². The number of phenols is 2. The number of phenolic OH excluding ortho intramolecular Hbond substituents is 2. The Bertz CT molecular complexity index is 442. The monoisotopic (exact) mass is 269 g/mol. The first-order valence-corrected chi connectivity index (χ1v) is 6.47. The van der Waals surface area contributed by atoms with Gasteiger partial charge in [0.1, 0.15) is 0 Å². The molecule has 1 aliphatic rings. The Balaban J connectivity index is 2.01. The van der Waals surface area contributed by atoms with Crippen molar-refractivity contribution in [2.75, 3.05) is 0 Å². The van der Waals surface area contributed by atoms with Gasteiger partial charge in [0.15, 0.2) is 11.5 Å². The minimum Gasteiger partial charge on any atom is -0.504 e. The van der Waals surface area contributed by atoms with Crippen LogP contribution in [-0.2, 0) is 0 Å². The first-order valence-electron chi connectivity index (χ1n) is 6.04. The Hall–Kier alpha value is -1.42. The minimum absolute atomic E-state index is 0.0919. The van der Waals surface area contributed by atoms with E-state index in [1.807, 2.05) is 0 Å². The number of rotatable bonds is 2. The van der Waals surface area contributed by atoms with E-state index in [1.54, 1.807) is 0 Å². The molecule has 0 unspecified atom stereocenters. The van der Waals surface area contributed by atoms with Gasteiger partial charge >= 0.3 is 0 Å². The number of para-hydroxylation sites is 1. The minimum atomic E-state index is -0.374. The predicted octanol–water partition coefficient (Wildman–Crippen LogP) is 2.38. The number of benzene rings is 1. The molecule has 0 aliphatic heterocycles. The molecule has 1 aromatic carbocycles. The van der Waals surface area contributed by atoms with E-state index in [2.05, 4.69) is 5.32 Å². The summed E-state index contributed by atoms with van der Waals surface area (Å²) in [6, 6.07) is 4.44. The highest BCUT2D eigenvalue weighted by molar-refractivity contribution is 6.20. The Morgan fingerprint density at radius 1 is 1.22 bits per heavy atom. The molecule has 0 radical (unpaired) electrons. The molecule has 1 fully saturated rings. The third kappa shape index (κ3) is 2.88. The number of alkyl halides is 1. The largest absolute Gasteiger partial charge is 0.504 e. The third-order valence-electron chi connectivity index (χ3n) is 3.25. The molecule has 2 rings (SSSR count). The SMILES string of the molecule is O=C(NC1CCC(Cl)CC1)c1cccc(O)c1O. The lowest BCUT2D eigenvalue weighted by molar-refractivity contribution is 0.0924. The smallest absolute Gasteiger partial charge is 0.255 e. The molecule has 1 amide bonds. The zero-order valence-electron chi connectivity index (χ0n) is 9.90. The fourth-order valence-corrected chi connectivity index (χ4v) is 2.43. The summed E-state index contributed by atoms with van der Waals surface area (Å²) in [6.45, 7) is 0. The maximum atomic E-state index is 12.0. The van der Waals surface area contributed by atoms with Gasteiger partial charge in [0.2, 0.25) is 0 Å². The molecule has 18 heavy (non-hydrogen) atoms. The third-order valence-corrected chi connectivity index (χ3v) is 3.69. The molecule has 0 bridgehead atoms. The Morgan fingerprint density at radius 3 is 2.56 bits per heavy atom. The average Bonchev–Trinajstić information content (AvgIpc) is 2.35. The summed E-state index contributed by atoms with van der Waals surface area (Å²) < 4.78 is 0. The molecule has 0 aromatic heterocycles. The Labute approximate surface area is 111 Å². The molecule has 1 saturated carbocycles. The van der Waals surface area contributed by atoms with Gasteiger partial charge in [0, 0.05) is 11.4 Å². The molecule has 0 spiro atoms. The maximum absolute atomic E-state index is 12.0. The van der Waals surface area contributed by atoms with Crippen molar-refractivity contribution in [2.24, 2.45) is 0 Å². The molecule has 3 N–H and O–H groups in total. The topological polar surface area (TPSA) is 69.6 Å². The van der Waals surface area contributed by atoms with Gasteiger partial charge in [-0.2, -0.15) is 0 Å². The number of halogens is 1. The van der Waals surface area contributed by atoms with E-state index in [1.165, 1.54) is 18.2 Å². The van der Waals surface area contributed by atoms with Gasteiger partial charge in [-0.3, -0.25) is 4.79 Å². The normalized spacial score (nSPS) is 23.6. The summed E-state index contributed by atoms with van der Waals surface area (Å²) in [5, 5.41) is 22.0. The fraction of sp³-hybridized carbons (Fsp3) is 0.462. The number of hydrogen-bond donors (Lipinski definition) is 3. The first-order chi connectivity index (χ1) is 8.58. The number of carbonyl (C=O) groups is 1. The lowest BCUT2D eigenvalue weighted by Gasteiger charge is -2.25. The molecule has 1 aliphatic carbocycles. The Morgan fingerprint density at radius 2 is 1.89 bits per heavy atom. The average molecular weight is 270 g/mol. The summed E-state index contributed by atoms with van der Waals surface area (Å²) in [5.41, 5.74) is 0.1000. The van der Waals surface area contributed by atoms with Crippen LogP contribution in [0.3, 0.4) is 0 Å². The number of nitrogens with one attached hydrogen (secondary N) is 1. The van der Waals surface area contributed by atoms with Gasteiger partial charge in [-0.25, -0.2) is 0 Å². The van der Waals surface area contributed by atoms with Crippen molar-refractivity contribution < 1.29 is 15.0 Å². The van der Waals surface area contributed by atoms with Crippen LogP contribution in [0.1, 0.15) is 36.0 Å². The first kappa shape index (κ1) is 13.0. The summed E-state index contributed by atoms with van der Waals surface area (Å²) in [4.78, 5) is 12.0. The molecule has 0 saturated heterocycles. The van der Waals surface area contributed by atoms with E-state index in [-0.39, 0.29) is 34.4 Å². The van der Waals surface area contributed by atoms with E-state index >= 15 is 0 Å². The van der Waals surface area contributed by atoms with Crippen LogP contribution in [0, 0.1) is 0 Å². The molecule has 5 heteroatoms. The van der Waals surface area contributed by atoms with E-state index in [0.29, 0.717) is 0 Å². The summed E-state index contributed by atoms with van der Waals surface area (Å²) in [6.07, 6.45) is 3.47. The standard InChI is InChI=1S/C13H16ClNO3/c14-8-4-6-9(7-5-8)15-13(18)10-2-1-3-11(16)12(10)17/h1-3,8-9,16-17H,4-7H2,(H,15,18). The molecule has 0 heterocycles. The predicted molar refractivity (Wildman–Crippen MR) is 69.1 cm³/mol. The second kappa shape index (κ2) is 5.48. The van der Waals surface area contributed by atoms with E-state index < -0.39 is 0 Å². The molecular weight excluding hydrogens is 254 g/mol. The van der Waals surface area contributed by atoms with Crippen LogP contribution in [0.4, 0.5) is 0 Å². The zero-order chi connectivity index (χ0) is 13.1. The van der Waals surface area contributed by atoms with Gasteiger partial charge < -0.3 is 15.5 Å². The van der Waals surface area contributed by atoms with Crippen LogP contribution in [0.15, 0.2) is 18.2 Å². The zero-order valence-corrected chi connectivity index (χ0v) is 10.7. The van der Waals surface area contributed by atoms with Gasteiger partial charge in [0.25, 0.3) is 5.91 Å². The summed E-state index contributed by atoms with van der Waals surface area (Å²) >= 11 is 6.00.